The topological polar surface area (TPSA) is 80.0 Å². The molecule has 1 aliphatic rings. The number of piperidine rings is 1. The fourth-order valence-electron chi connectivity index (χ4n) is 3.35. The Morgan fingerprint density at radius 2 is 2.24 bits per heavy atom. The van der Waals surface area contributed by atoms with Crippen LogP contribution in [-0.2, 0) is 9.53 Å². The number of esters is 1. The van der Waals surface area contributed by atoms with Crippen molar-refractivity contribution in [1.29, 1.82) is 0 Å². The highest BCUT2D eigenvalue weighted by Crippen LogP contribution is 2.42. The second-order valence-electron chi connectivity index (χ2n) is 6.00. The fourth-order valence-corrected chi connectivity index (χ4v) is 5.38. The molecule has 25 heavy (non-hydrogen) atoms. The first kappa shape index (κ1) is 16.5. The van der Waals surface area contributed by atoms with Gasteiger partial charge in [-0.25, -0.2) is 4.98 Å². The Morgan fingerprint density at radius 1 is 1.44 bits per heavy atom. The number of rotatable bonds is 4. The average Bonchev–Trinajstić information content (AvgIpc) is 3.36. The summed E-state index contributed by atoms with van der Waals surface area (Å²) in [4.78, 5) is 21.0. The van der Waals surface area contributed by atoms with Crippen molar-refractivity contribution in [2.24, 2.45) is 5.92 Å². The van der Waals surface area contributed by atoms with Crippen LogP contribution in [0.25, 0.3) is 4.96 Å². The minimum atomic E-state index is -0.131. The highest BCUT2D eigenvalue weighted by molar-refractivity contribution is 7.17. The molecular formula is C16H18N4O3S2. The van der Waals surface area contributed by atoms with Gasteiger partial charge in [0.05, 0.1) is 23.9 Å². The van der Waals surface area contributed by atoms with Crippen LogP contribution in [0.5, 0.6) is 5.88 Å². The number of aromatic nitrogens is 3. The molecule has 0 radical (unpaired) electrons. The van der Waals surface area contributed by atoms with Gasteiger partial charge in [-0.1, -0.05) is 17.4 Å². The summed E-state index contributed by atoms with van der Waals surface area (Å²) >= 11 is 3.12. The van der Waals surface area contributed by atoms with Gasteiger partial charge in [0.2, 0.25) is 10.8 Å². The van der Waals surface area contributed by atoms with Crippen molar-refractivity contribution in [2.45, 2.75) is 18.9 Å². The lowest BCUT2D eigenvalue weighted by Gasteiger charge is -2.35. The minimum absolute atomic E-state index is 0.0406. The molecule has 4 heterocycles. The molecule has 9 heteroatoms. The predicted octanol–water partition coefficient (Wildman–Crippen LogP) is 2.53. The number of fused-ring (bicyclic) bond motifs is 1. The van der Waals surface area contributed by atoms with E-state index >= 15 is 0 Å². The zero-order chi connectivity index (χ0) is 17.4. The first-order chi connectivity index (χ1) is 12.2. The van der Waals surface area contributed by atoms with Crippen LogP contribution in [0.4, 0.5) is 0 Å². The van der Waals surface area contributed by atoms with Gasteiger partial charge in [0.15, 0.2) is 0 Å². The van der Waals surface area contributed by atoms with Gasteiger partial charge < -0.3 is 9.84 Å². The molecule has 1 N–H and O–H groups in total. The molecular weight excluding hydrogens is 360 g/mol. The van der Waals surface area contributed by atoms with Crippen molar-refractivity contribution in [3.63, 3.8) is 0 Å². The number of nitrogens with zero attached hydrogens (tertiary/aromatic N) is 4. The molecule has 0 aliphatic carbocycles. The second-order valence-corrected chi connectivity index (χ2v) is 7.98. The molecule has 0 aromatic carbocycles. The smallest absolute Gasteiger partial charge is 0.308 e. The Kier molecular flexibility index (Phi) is 4.45. The third kappa shape index (κ3) is 2.92. The molecule has 3 aromatic rings. The number of hydrogen-bond donors (Lipinski definition) is 1. The molecule has 4 rings (SSSR count). The van der Waals surface area contributed by atoms with E-state index in [4.69, 9.17) is 4.74 Å². The highest BCUT2D eigenvalue weighted by atomic mass is 32.1. The van der Waals surface area contributed by atoms with Crippen LogP contribution in [0, 0.1) is 5.92 Å². The van der Waals surface area contributed by atoms with E-state index in [1.807, 2.05) is 11.4 Å². The SMILES string of the molecule is COC(=O)C1CCN(C(c2cccs2)c2sc3ncnn3c2O)CC1. The van der Waals surface area contributed by atoms with E-state index in [9.17, 15) is 9.90 Å². The number of carbonyl (C=O) groups is 1. The first-order valence-electron chi connectivity index (χ1n) is 8.05. The standard InChI is InChI=1S/C16H18N4O3S2/c1-23-15(22)10-4-6-19(7-5-10)12(11-3-2-8-24-11)13-14(21)20-16(25-13)17-9-18-20/h2-3,8-10,12,21H,4-7H2,1H3. The van der Waals surface area contributed by atoms with Gasteiger partial charge in [-0.15, -0.1) is 11.3 Å². The third-order valence-electron chi connectivity index (χ3n) is 4.63. The van der Waals surface area contributed by atoms with Crippen LogP contribution >= 0.6 is 22.7 Å². The summed E-state index contributed by atoms with van der Waals surface area (Å²) in [6.45, 7) is 1.55. The maximum Gasteiger partial charge on any atom is 0.308 e. The molecule has 7 nitrogen and oxygen atoms in total. The van der Waals surface area contributed by atoms with E-state index in [0.29, 0.717) is 4.96 Å². The number of methoxy groups -OCH3 is 1. The summed E-state index contributed by atoms with van der Waals surface area (Å²) in [5, 5.41) is 16.8. The molecule has 0 bridgehead atoms. The van der Waals surface area contributed by atoms with E-state index in [1.165, 1.54) is 29.3 Å². The van der Waals surface area contributed by atoms with Gasteiger partial charge in [-0.2, -0.15) is 9.61 Å². The lowest BCUT2D eigenvalue weighted by atomic mass is 9.95. The Hall–Kier alpha value is -1.97. The summed E-state index contributed by atoms with van der Waals surface area (Å²) in [5.41, 5.74) is 0. The van der Waals surface area contributed by atoms with Gasteiger partial charge in [-0.05, 0) is 37.4 Å². The quantitative estimate of drug-likeness (QED) is 0.703. The van der Waals surface area contributed by atoms with Crippen molar-refractivity contribution < 1.29 is 14.6 Å². The average molecular weight is 378 g/mol. The van der Waals surface area contributed by atoms with E-state index in [-0.39, 0.29) is 23.8 Å². The molecule has 0 saturated carbocycles. The molecule has 0 spiro atoms. The predicted molar refractivity (Wildman–Crippen MR) is 95.0 cm³/mol. The van der Waals surface area contributed by atoms with Gasteiger partial charge in [0.1, 0.15) is 6.33 Å². The maximum atomic E-state index is 11.8. The lowest BCUT2D eigenvalue weighted by molar-refractivity contribution is -0.147. The highest BCUT2D eigenvalue weighted by Gasteiger charge is 2.34. The van der Waals surface area contributed by atoms with Crippen LogP contribution < -0.4 is 0 Å². The zero-order valence-corrected chi connectivity index (χ0v) is 15.3. The van der Waals surface area contributed by atoms with E-state index < -0.39 is 0 Å². The Morgan fingerprint density at radius 3 is 2.88 bits per heavy atom. The van der Waals surface area contributed by atoms with Gasteiger partial charge in [-0.3, -0.25) is 9.69 Å². The molecule has 1 saturated heterocycles. The molecule has 1 unspecified atom stereocenters. The number of thiophene rings is 1. The number of likely N-dealkylation sites (tertiary alicyclic amines) is 1. The molecule has 3 aromatic heterocycles. The molecule has 1 aliphatic heterocycles. The van der Waals surface area contributed by atoms with Crippen LogP contribution in [0.2, 0.25) is 0 Å². The van der Waals surface area contributed by atoms with Crippen LogP contribution in [0.15, 0.2) is 23.8 Å². The summed E-state index contributed by atoms with van der Waals surface area (Å²) in [7, 11) is 1.44. The summed E-state index contributed by atoms with van der Waals surface area (Å²) in [5.74, 6) is -0.0268. The monoisotopic (exact) mass is 378 g/mol. The number of hydrogen-bond acceptors (Lipinski definition) is 8. The first-order valence-corrected chi connectivity index (χ1v) is 9.75. The zero-order valence-electron chi connectivity index (χ0n) is 13.7. The molecule has 1 fully saturated rings. The molecule has 132 valence electrons. The van der Waals surface area contributed by atoms with Crippen molar-refractivity contribution in [1.82, 2.24) is 19.5 Å². The van der Waals surface area contributed by atoms with Crippen molar-refractivity contribution in [3.05, 3.63) is 33.6 Å². The van der Waals surface area contributed by atoms with Crippen molar-refractivity contribution in [2.75, 3.05) is 20.2 Å². The fraction of sp³-hybridized carbons (Fsp3) is 0.438. The Balaban J connectivity index is 1.65. The molecule has 1 atom stereocenters. The van der Waals surface area contributed by atoms with Crippen LogP contribution in [0.3, 0.4) is 0 Å². The lowest BCUT2D eigenvalue weighted by Crippen LogP contribution is -2.39. The van der Waals surface area contributed by atoms with Gasteiger partial charge in [0, 0.05) is 4.88 Å². The van der Waals surface area contributed by atoms with Crippen molar-refractivity contribution >= 4 is 33.6 Å². The largest absolute Gasteiger partial charge is 0.492 e. The van der Waals surface area contributed by atoms with Gasteiger partial charge in [0.25, 0.3) is 0 Å². The second kappa shape index (κ2) is 6.74. The van der Waals surface area contributed by atoms with E-state index in [1.54, 1.807) is 11.3 Å². The summed E-state index contributed by atoms with van der Waals surface area (Å²) in [6.07, 6.45) is 2.96. The number of thiazole rings is 1. The maximum absolute atomic E-state index is 11.8. The Labute approximate surface area is 152 Å². The van der Waals surface area contributed by atoms with E-state index in [2.05, 4.69) is 21.0 Å². The normalized spacial score (nSPS) is 17.8. The van der Waals surface area contributed by atoms with E-state index in [0.717, 1.165) is 35.7 Å². The number of aromatic hydroxyl groups is 1. The molecule has 0 amide bonds. The summed E-state index contributed by atoms with van der Waals surface area (Å²) in [6, 6.07) is 4.05. The minimum Gasteiger partial charge on any atom is -0.492 e. The third-order valence-corrected chi connectivity index (χ3v) is 6.64. The van der Waals surface area contributed by atoms with Gasteiger partial charge >= 0.3 is 5.97 Å². The number of carbonyl (C=O) groups excluding carboxylic acids is 1. The number of ether oxygens (including phenoxy) is 1. The van der Waals surface area contributed by atoms with Crippen LogP contribution in [-0.4, -0.2) is 50.8 Å². The van der Waals surface area contributed by atoms with Crippen molar-refractivity contribution in [3.8, 4) is 5.88 Å². The Bertz CT molecular complexity index is 865. The van der Waals surface area contributed by atoms with Crippen LogP contribution in [0.1, 0.15) is 28.6 Å². The summed E-state index contributed by atoms with van der Waals surface area (Å²) < 4.78 is 6.35.